The van der Waals surface area contributed by atoms with Crippen LogP contribution in [0.15, 0.2) is 0 Å². The average molecular weight is 236 g/mol. The van der Waals surface area contributed by atoms with Gasteiger partial charge in [0, 0.05) is 0 Å². The molecule has 0 amide bonds. The summed E-state index contributed by atoms with van der Waals surface area (Å²) in [5.41, 5.74) is -0.0332. The average Bonchev–Trinajstić information content (AvgIpc) is 2.78. The van der Waals surface area contributed by atoms with E-state index in [0.717, 1.165) is 5.92 Å². The van der Waals surface area contributed by atoms with Crippen molar-refractivity contribution in [1.82, 2.24) is 0 Å². The van der Waals surface area contributed by atoms with Gasteiger partial charge in [-0.05, 0) is 54.8 Å². The Labute approximate surface area is 106 Å². The van der Waals surface area contributed by atoms with Crippen LogP contribution in [0.5, 0.6) is 0 Å². The van der Waals surface area contributed by atoms with E-state index in [1.165, 1.54) is 51.4 Å². The molecular formula is C16H28O. The first-order valence-electron chi connectivity index (χ1n) is 7.64. The number of fused-ring (bicyclic) bond motifs is 2. The van der Waals surface area contributed by atoms with Crippen LogP contribution >= 0.6 is 0 Å². The highest BCUT2D eigenvalue weighted by Gasteiger charge is 2.70. The Morgan fingerprint density at radius 3 is 2.06 bits per heavy atom. The molecule has 98 valence electrons. The van der Waals surface area contributed by atoms with Gasteiger partial charge in [-0.1, -0.05) is 40.0 Å². The van der Waals surface area contributed by atoms with Gasteiger partial charge in [-0.2, -0.15) is 0 Å². The maximum atomic E-state index is 11.6. The number of hydrogen-bond acceptors (Lipinski definition) is 1. The Balaban J connectivity index is 1.98. The molecule has 1 nitrogen and oxygen atoms in total. The molecule has 3 saturated carbocycles. The molecule has 0 saturated heterocycles. The van der Waals surface area contributed by atoms with E-state index in [-0.39, 0.29) is 16.4 Å². The molecule has 2 bridgehead atoms. The minimum Gasteiger partial charge on any atom is -0.388 e. The maximum Gasteiger partial charge on any atom is 0.0782 e. The van der Waals surface area contributed by atoms with Crippen LogP contribution in [0.4, 0.5) is 0 Å². The number of hydrogen-bond donors (Lipinski definition) is 1. The predicted octanol–water partition coefficient (Wildman–Crippen LogP) is 4.14. The fraction of sp³-hybridized carbons (Fsp3) is 1.00. The summed E-state index contributed by atoms with van der Waals surface area (Å²) >= 11 is 0. The maximum absolute atomic E-state index is 11.6. The first kappa shape index (κ1) is 12.0. The van der Waals surface area contributed by atoms with Crippen molar-refractivity contribution in [2.75, 3.05) is 0 Å². The largest absolute Gasteiger partial charge is 0.388 e. The lowest BCUT2D eigenvalue weighted by molar-refractivity contribution is -0.187. The van der Waals surface area contributed by atoms with Crippen molar-refractivity contribution in [3.05, 3.63) is 0 Å². The van der Waals surface area contributed by atoms with Crippen LogP contribution in [0, 0.1) is 22.7 Å². The summed E-state index contributed by atoms with van der Waals surface area (Å²) in [6.07, 6.45) is 10.5. The second-order valence-electron chi connectivity index (χ2n) is 7.82. The van der Waals surface area contributed by atoms with Gasteiger partial charge in [-0.3, -0.25) is 0 Å². The highest BCUT2D eigenvalue weighted by Crippen LogP contribution is 2.71. The molecule has 0 aromatic heterocycles. The fourth-order valence-corrected chi connectivity index (χ4v) is 5.83. The van der Waals surface area contributed by atoms with Gasteiger partial charge < -0.3 is 5.11 Å². The van der Waals surface area contributed by atoms with E-state index in [1.54, 1.807) is 0 Å². The second kappa shape index (κ2) is 3.50. The van der Waals surface area contributed by atoms with Crippen LogP contribution in [0.1, 0.15) is 72.1 Å². The number of rotatable bonds is 1. The molecule has 0 radical (unpaired) electrons. The minimum absolute atomic E-state index is 0.141. The van der Waals surface area contributed by atoms with E-state index in [2.05, 4.69) is 20.8 Å². The molecule has 3 rings (SSSR count). The topological polar surface area (TPSA) is 20.2 Å². The van der Waals surface area contributed by atoms with Crippen LogP contribution in [0.25, 0.3) is 0 Å². The van der Waals surface area contributed by atoms with Gasteiger partial charge in [0.2, 0.25) is 0 Å². The summed E-state index contributed by atoms with van der Waals surface area (Å²) in [6.45, 7) is 7.06. The van der Waals surface area contributed by atoms with Crippen molar-refractivity contribution in [3.63, 3.8) is 0 Å². The molecule has 0 aromatic carbocycles. The lowest BCUT2D eigenvalue weighted by Gasteiger charge is -2.55. The lowest BCUT2D eigenvalue weighted by atomic mass is 9.53. The Kier molecular flexibility index (Phi) is 2.47. The molecule has 0 aliphatic heterocycles. The van der Waals surface area contributed by atoms with Gasteiger partial charge in [0.15, 0.2) is 0 Å². The van der Waals surface area contributed by atoms with Crippen molar-refractivity contribution in [2.24, 2.45) is 22.7 Å². The normalized spacial score (nSPS) is 49.8. The molecule has 3 aliphatic carbocycles. The van der Waals surface area contributed by atoms with E-state index in [4.69, 9.17) is 0 Å². The first-order chi connectivity index (χ1) is 7.92. The Morgan fingerprint density at radius 1 is 0.882 bits per heavy atom. The summed E-state index contributed by atoms with van der Waals surface area (Å²) < 4.78 is 0. The second-order valence-corrected chi connectivity index (χ2v) is 7.82. The smallest absolute Gasteiger partial charge is 0.0782 e. The Morgan fingerprint density at radius 2 is 1.53 bits per heavy atom. The third-order valence-electron chi connectivity index (χ3n) is 6.86. The van der Waals surface area contributed by atoms with Crippen molar-refractivity contribution in [3.8, 4) is 0 Å². The van der Waals surface area contributed by atoms with Gasteiger partial charge >= 0.3 is 0 Å². The molecular weight excluding hydrogens is 208 g/mol. The highest BCUT2D eigenvalue weighted by molar-refractivity contribution is 5.20. The van der Waals surface area contributed by atoms with Gasteiger partial charge in [0.25, 0.3) is 0 Å². The molecule has 3 atom stereocenters. The quantitative estimate of drug-likeness (QED) is 0.725. The number of aliphatic hydroxyl groups is 1. The lowest BCUT2D eigenvalue weighted by Crippen LogP contribution is -2.59. The van der Waals surface area contributed by atoms with Crippen LogP contribution in [0.3, 0.4) is 0 Å². The van der Waals surface area contributed by atoms with Crippen LogP contribution in [0.2, 0.25) is 0 Å². The zero-order valence-electron chi connectivity index (χ0n) is 11.8. The predicted molar refractivity (Wildman–Crippen MR) is 70.8 cm³/mol. The van der Waals surface area contributed by atoms with Gasteiger partial charge in [-0.25, -0.2) is 0 Å². The van der Waals surface area contributed by atoms with Gasteiger partial charge in [0.05, 0.1) is 5.60 Å². The van der Waals surface area contributed by atoms with E-state index >= 15 is 0 Å². The Bertz CT molecular complexity index is 309. The fourth-order valence-electron chi connectivity index (χ4n) is 5.83. The zero-order chi connectivity index (χ0) is 12.3. The zero-order valence-corrected chi connectivity index (χ0v) is 11.8. The minimum atomic E-state index is -0.386. The van der Waals surface area contributed by atoms with Crippen molar-refractivity contribution in [2.45, 2.75) is 77.7 Å². The van der Waals surface area contributed by atoms with Gasteiger partial charge in [-0.15, -0.1) is 0 Å². The third-order valence-corrected chi connectivity index (χ3v) is 6.86. The standard InChI is InChI=1S/C16H28O/c1-14(2)13-9-10-15(3,11-13)16(14,17)12-7-5-4-6-8-12/h12-13,17H,4-11H2,1-3H3. The molecule has 1 N–H and O–H groups in total. The molecule has 3 unspecified atom stereocenters. The monoisotopic (exact) mass is 236 g/mol. The summed E-state index contributed by atoms with van der Waals surface area (Å²) in [5.74, 6) is 1.33. The third kappa shape index (κ3) is 1.30. The van der Waals surface area contributed by atoms with Crippen molar-refractivity contribution >= 4 is 0 Å². The van der Waals surface area contributed by atoms with Crippen LogP contribution < -0.4 is 0 Å². The van der Waals surface area contributed by atoms with E-state index in [9.17, 15) is 5.11 Å². The SMILES string of the molecule is CC12CCC(C1)C(C)(C)C2(O)C1CCCCC1. The Hall–Kier alpha value is -0.0400. The molecule has 0 spiro atoms. The molecule has 1 heteroatoms. The van der Waals surface area contributed by atoms with E-state index in [1.807, 2.05) is 0 Å². The molecule has 0 aromatic rings. The first-order valence-corrected chi connectivity index (χ1v) is 7.64. The summed E-state index contributed by atoms with van der Waals surface area (Å²) in [5, 5.41) is 11.6. The van der Waals surface area contributed by atoms with E-state index < -0.39 is 0 Å². The highest BCUT2D eigenvalue weighted by atomic mass is 16.3. The van der Waals surface area contributed by atoms with Gasteiger partial charge in [0.1, 0.15) is 0 Å². The van der Waals surface area contributed by atoms with Crippen LogP contribution in [-0.4, -0.2) is 10.7 Å². The molecule has 0 heterocycles. The summed E-state index contributed by atoms with van der Waals surface area (Å²) in [6, 6.07) is 0. The summed E-state index contributed by atoms with van der Waals surface area (Å²) in [7, 11) is 0. The molecule has 3 fully saturated rings. The molecule has 17 heavy (non-hydrogen) atoms. The summed E-state index contributed by atoms with van der Waals surface area (Å²) in [4.78, 5) is 0. The van der Waals surface area contributed by atoms with Crippen molar-refractivity contribution < 1.29 is 5.11 Å². The van der Waals surface area contributed by atoms with E-state index in [0.29, 0.717) is 5.92 Å². The molecule has 3 aliphatic rings. The van der Waals surface area contributed by atoms with Crippen molar-refractivity contribution in [1.29, 1.82) is 0 Å². The van der Waals surface area contributed by atoms with Crippen LogP contribution in [-0.2, 0) is 0 Å².